The van der Waals surface area contributed by atoms with E-state index in [0.29, 0.717) is 5.75 Å². The molecule has 31 heavy (non-hydrogen) atoms. The number of fused-ring (bicyclic) bond motifs is 2. The van der Waals surface area contributed by atoms with Crippen LogP contribution < -0.4 is 9.47 Å². The predicted molar refractivity (Wildman–Crippen MR) is 120 cm³/mol. The summed E-state index contributed by atoms with van der Waals surface area (Å²) in [6.07, 6.45) is 2.08. The summed E-state index contributed by atoms with van der Waals surface area (Å²) in [7, 11) is 2.89. The maximum Gasteiger partial charge on any atom is 0.336 e. The van der Waals surface area contributed by atoms with Gasteiger partial charge in [0.15, 0.2) is 0 Å². The average molecular weight is 412 g/mol. The fraction of sp³-hybridized carbons (Fsp3) is 0.0769. The zero-order valence-corrected chi connectivity index (χ0v) is 17.1. The molecule has 0 atom stereocenters. The molecule has 0 aliphatic carbocycles. The van der Waals surface area contributed by atoms with Gasteiger partial charge in [-0.1, -0.05) is 60.7 Å². The Labute approximate surface area is 179 Å². The van der Waals surface area contributed by atoms with Crippen molar-refractivity contribution in [2.24, 2.45) is 0 Å². The summed E-state index contributed by atoms with van der Waals surface area (Å²) in [4.78, 5) is 23.6. The Bertz CT molecular complexity index is 1310. The van der Waals surface area contributed by atoms with Crippen molar-refractivity contribution in [3.63, 3.8) is 0 Å². The van der Waals surface area contributed by atoms with Gasteiger partial charge in [-0.2, -0.15) is 0 Å². The number of hydrogen-bond donors (Lipinski definition) is 0. The number of benzene rings is 4. The Hall–Kier alpha value is -4.12. The van der Waals surface area contributed by atoms with Crippen molar-refractivity contribution < 1.29 is 23.8 Å². The number of rotatable bonds is 5. The van der Waals surface area contributed by atoms with E-state index < -0.39 is 11.9 Å². The maximum absolute atomic E-state index is 12.3. The van der Waals surface area contributed by atoms with Crippen molar-refractivity contribution in [3.05, 3.63) is 84.9 Å². The molecule has 0 bridgehead atoms. The van der Waals surface area contributed by atoms with Crippen molar-refractivity contribution >= 4 is 33.5 Å². The van der Waals surface area contributed by atoms with Gasteiger partial charge in [0.1, 0.15) is 11.5 Å². The molecule has 0 spiro atoms. The highest BCUT2D eigenvalue weighted by Crippen LogP contribution is 2.41. The van der Waals surface area contributed by atoms with Gasteiger partial charge in [-0.25, -0.2) is 9.59 Å². The second-order valence-electron chi connectivity index (χ2n) is 6.80. The fourth-order valence-corrected chi connectivity index (χ4v) is 3.66. The molecule has 0 aliphatic rings. The van der Waals surface area contributed by atoms with E-state index in [2.05, 4.69) is 4.74 Å². The molecule has 154 valence electrons. The van der Waals surface area contributed by atoms with Crippen LogP contribution in [0.4, 0.5) is 0 Å². The Morgan fingerprint density at radius 1 is 0.645 bits per heavy atom. The minimum atomic E-state index is -0.664. The average Bonchev–Trinajstić information content (AvgIpc) is 2.81. The summed E-state index contributed by atoms with van der Waals surface area (Å²) in [5.74, 6) is -0.123. The molecule has 4 aromatic carbocycles. The van der Waals surface area contributed by atoms with E-state index in [4.69, 9.17) is 9.47 Å². The van der Waals surface area contributed by atoms with E-state index >= 15 is 0 Å². The predicted octanol–water partition coefficient (Wildman–Crippen LogP) is 5.30. The lowest BCUT2D eigenvalue weighted by molar-refractivity contribution is -0.135. The molecule has 0 unspecified atom stereocenters. The SMILES string of the molecule is COC(=O)/C=C\C(=O)Oc1cccc2cccc(-c3cccc4cccc(OC)c34)c12. The van der Waals surface area contributed by atoms with Crippen molar-refractivity contribution in [1.82, 2.24) is 0 Å². The molecule has 0 aliphatic heterocycles. The molecule has 0 saturated carbocycles. The zero-order valence-electron chi connectivity index (χ0n) is 17.1. The van der Waals surface area contributed by atoms with Gasteiger partial charge < -0.3 is 14.2 Å². The number of methoxy groups -OCH3 is 2. The summed E-state index contributed by atoms with van der Waals surface area (Å²) in [5, 5.41) is 3.74. The molecule has 0 aromatic heterocycles. The second kappa shape index (κ2) is 8.71. The highest BCUT2D eigenvalue weighted by Gasteiger charge is 2.15. The van der Waals surface area contributed by atoms with Crippen LogP contribution in [0.2, 0.25) is 0 Å². The van der Waals surface area contributed by atoms with Crippen LogP contribution in [0.25, 0.3) is 32.7 Å². The quantitative estimate of drug-likeness (QED) is 0.253. The first-order valence-corrected chi connectivity index (χ1v) is 9.68. The van der Waals surface area contributed by atoms with Crippen LogP contribution >= 0.6 is 0 Å². The summed E-state index contributed by atoms with van der Waals surface area (Å²) in [6, 6.07) is 23.4. The number of hydrogen-bond acceptors (Lipinski definition) is 5. The van der Waals surface area contributed by atoms with Gasteiger partial charge in [0.25, 0.3) is 0 Å². The fourth-order valence-electron chi connectivity index (χ4n) is 3.66. The lowest BCUT2D eigenvalue weighted by Gasteiger charge is -2.15. The minimum absolute atomic E-state index is 0.402. The van der Waals surface area contributed by atoms with Crippen LogP contribution in [0, 0.1) is 0 Å². The molecule has 0 N–H and O–H groups in total. The van der Waals surface area contributed by atoms with Gasteiger partial charge in [0.2, 0.25) is 0 Å². The standard InChI is InChI=1S/C26H20O5/c1-29-21-13-5-9-17-7-3-11-19(25(17)21)20-12-4-8-18-10-6-14-22(26(18)20)31-24(28)16-15-23(27)30-2/h3-16H,1-2H3/b16-15-. The molecular weight excluding hydrogens is 392 g/mol. The number of esters is 2. The third-order valence-corrected chi connectivity index (χ3v) is 5.01. The first kappa shape index (κ1) is 20.2. The van der Waals surface area contributed by atoms with Gasteiger partial charge in [-0.15, -0.1) is 0 Å². The highest BCUT2D eigenvalue weighted by molar-refractivity contribution is 6.10. The van der Waals surface area contributed by atoms with Crippen molar-refractivity contribution in [3.8, 4) is 22.6 Å². The van der Waals surface area contributed by atoms with Crippen LogP contribution in [-0.2, 0) is 14.3 Å². The monoisotopic (exact) mass is 412 g/mol. The molecule has 0 fully saturated rings. The summed E-state index contributed by atoms with van der Waals surface area (Å²) in [6.45, 7) is 0. The van der Waals surface area contributed by atoms with Crippen LogP contribution in [0.5, 0.6) is 11.5 Å². The molecule has 0 radical (unpaired) electrons. The van der Waals surface area contributed by atoms with Gasteiger partial charge in [0, 0.05) is 22.9 Å². The van der Waals surface area contributed by atoms with Gasteiger partial charge >= 0.3 is 11.9 Å². The normalized spacial score (nSPS) is 11.0. The van der Waals surface area contributed by atoms with E-state index in [1.807, 2.05) is 66.7 Å². The molecule has 0 amide bonds. The van der Waals surface area contributed by atoms with Crippen molar-refractivity contribution in [2.45, 2.75) is 0 Å². The van der Waals surface area contributed by atoms with Crippen LogP contribution in [0.1, 0.15) is 0 Å². The van der Waals surface area contributed by atoms with E-state index in [0.717, 1.165) is 50.6 Å². The largest absolute Gasteiger partial charge is 0.496 e. The number of carbonyl (C=O) groups excluding carboxylic acids is 2. The molecule has 5 nitrogen and oxygen atoms in total. The summed E-state index contributed by atoms with van der Waals surface area (Å²) in [5.41, 5.74) is 1.88. The molecule has 4 aromatic rings. The Kier molecular flexibility index (Phi) is 5.67. The smallest absolute Gasteiger partial charge is 0.336 e. The van der Waals surface area contributed by atoms with Gasteiger partial charge in [-0.05, 0) is 34.0 Å². The highest BCUT2D eigenvalue weighted by atomic mass is 16.5. The first-order valence-electron chi connectivity index (χ1n) is 9.68. The van der Waals surface area contributed by atoms with Crippen LogP contribution in [-0.4, -0.2) is 26.2 Å². The Balaban J connectivity index is 1.90. The molecule has 0 heterocycles. The molecule has 5 heteroatoms. The van der Waals surface area contributed by atoms with Crippen molar-refractivity contribution in [1.29, 1.82) is 0 Å². The second-order valence-corrected chi connectivity index (χ2v) is 6.80. The van der Waals surface area contributed by atoms with Gasteiger partial charge in [0.05, 0.1) is 14.2 Å². The first-order chi connectivity index (χ1) is 15.1. The van der Waals surface area contributed by atoms with Gasteiger partial charge in [-0.3, -0.25) is 0 Å². The Morgan fingerprint density at radius 3 is 1.68 bits per heavy atom. The molecular formula is C26H20O5. The zero-order chi connectivity index (χ0) is 21.8. The van der Waals surface area contributed by atoms with E-state index in [-0.39, 0.29) is 0 Å². The molecule has 0 saturated heterocycles. The van der Waals surface area contributed by atoms with Crippen LogP contribution in [0.3, 0.4) is 0 Å². The molecule has 4 rings (SSSR count). The third kappa shape index (κ3) is 3.98. The van der Waals surface area contributed by atoms with E-state index in [1.165, 1.54) is 7.11 Å². The minimum Gasteiger partial charge on any atom is -0.496 e. The summed E-state index contributed by atoms with van der Waals surface area (Å²) >= 11 is 0. The maximum atomic E-state index is 12.3. The van der Waals surface area contributed by atoms with E-state index in [1.54, 1.807) is 13.2 Å². The summed E-state index contributed by atoms with van der Waals surface area (Å²) < 4.78 is 15.7. The lowest BCUT2D eigenvalue weighted by atomic mass is 9.93. The number of ether oxygens (including phenoxy) is 3. The Morgan fingerprint density at radius 2 is 1.13 bits per heavy atom. The topological polar surface area (TPSA) is 61.8 Å². The van der Waals surface area contributed by atoms with Crippen LogP contribution in [0.15, 0.2) is 84.9 Å². The van der Waals surface area contributed by atoms with Crippen molar-refractivity contribution in [2.75, 3.05) is 14.2 Å². The third-order valence-electron chi connectivity index (χ3n) is 5.01. The number of carbonyl (C=O) groups is 2. The lowest BCUT2D eigenvalue weighted by Crippen LogP contribution is -2.06. The van der Waals surface area contributed by atoms with E-state index in [9.17, 15) is 9.59 Å².